The number of hydrogen-bond acceptors (Lipinski definition) is 7. The minimum Gasteiger partial charge on any atom is -0.496 e. The quantitative estimate of drug-likeness (QED) is 0.101. The summed E-state index contributed by atoms with van der Waals surface area (Å²) in [6.45, 7) is 3.04. The van der Waals surface area contributed by atoms with Crippen molar-refractivity contribution in [1.29, 1.82) is 0 Å². The Morgan fingerprint density at radius 3 is 2.44 bits per heavy atom. The number of rotatable bonds is 13. The summed E-state index contributed by atoms with van der Waals surface area (Å²) < 4.78 is 18.2. The maximum absolute atomic E-state index is 13.9. The minimum absolute atomic E-state index is 0.0359. The number of carbonyl (C=O) groups is 1. The second-order valence-corrected chi connectivity index (χ2v) is 9.83. The van der Waals surface area contributed by atoms with Crippen molar-refractivity contribution >= 4 is 34.2 Å². The van der Waals surface area contributed by atoms with Crippen LogP contribution in [0.25, 0.3) is 11.0 Å². The van der Waals surface area contributed by atoms with E-state index in [1.54, 1.807) is 23.1 Å². The number of benzene rings is 3. The molecule has 0 aliphatic heterocycles. The summed E-state index contributed by atoms with van der Waals surface area (Å²) >= 11 is 6.63. The molecule has 10 nitrogen and oxygen atoms in total. The predicted octanol–water partition coefficient (Wildman–Crippen LogP) is 6.50. The number of aromatic nitrogens is 2. The lowest BCUT2D eigenvalue weighted by atomic mass is 10.1. The molecule has 216 valence electrons. The number of ether oxygens (including phenoxy) is 3. The summed E-state index contributed by atoms with van der Waals surface area (Å²) in [7, 11) is 4.51. The molecule has 1 heterocycles. The summed E-state index contributed by atoms with van der Waals surface area (Å²) in [6, 6.07) is 15.4. The third kappa shape index (κ3) is 6.38. The van der Waals surface area contributed by atoms with Crippen LogP contribution >= 0.6 is 11.6 Å². The van der Waals surface area contributed by atoms with E-state index in [1.165, 1.54) is 33.5 Å². The maximum Gasteiger partial charge on any atom is 0.270 e. The Kier molecular flexibility index (Phi) is 9.67. The molecular formula is C30H33ClN4O6. The largest absolute Gasteiger partial charge is 0.496 e. The van der Waals surface area contributed by atoms with Crippen LogP contribution in [0.2, 0.25) is 5.02 Å². The first-order chi connectivity index (χ1) is 19.8. The van der Waals surface area contributed by atoms with E-state index in [4.69, 9.17) is 30.8 Å². The van der Waals surface area contributed by atoms with Crippen molar-refractivity contribution in [3.63, 3.8) is 0 Å². The lowest BCUT2D eigenvalue weighted by Crippen LogP contribution is -2.33. The maximum atomic E-state index is 13.9. The van der Waals surface area contributed by atoms with Crippen molar-refractivity contribution in [2.45, 2.75) is 39.3 Å². The van der Waals surface area contributed by atoms with Crippen LogP contribution in [0.15, 0.2) is 54.6 Å². The standard InChI is InChI=1S/C30H33ClN4O6/c1-5-6-9-16-33(30(36)22-13-15-26(40-3)29(41-4)28(22)31)19-27-32-23-10-7-8-11-24(23)34(27)18-20-17-21(35(37)38)12-14-25(20)39-2/h7-8,10-15,17H,5-6,9,16,18-19H2,1-4H3. The summed E-state index contributed by atoms with van der Waals surface area (Å²) in [5.74, 6) is 1.60. The van der Waals surface area contributed by atoms with Crippen LogP contribution in [0.4, 0.5) is 5.69 Å². The van der Waals surface area contributed by atoms with Crippen LogP contribution in [0.1, 0.15) is 47.9 Å². The summed E-state index contributed by atoms with van der Waals surface area (Å²) in [6.07, 6.45) is 2.74. The number of halogens is 1. The van der Waals surface area contributed by atoms with Gasteiger partial charge in [0, 0.05) is 24.2 Å². The number of nitro groups is 1. The third-order valence-electron chi connectivity index (χ3n) is 6.90. The molecule has 0 saturated heterocycles. The smallest absolute Gasteiger partial charge is 0.270 e. The van der Waals surface area contributed by atoms with E-state index in [9.17, 15) is 14.9 Å². The normalized spacial score (nSPS) is 11.0. The van der Waals surface area contributed by atoms with Crippen LogP contribution < -0.4 is 14.2 Å². The molecule has 1 aromatic heterocycles. The number of nitro benzene ring substituents is 1. The number of amides is 1. The van der Waals surface area contributed by atoms with Crippen LogP contribution in [-0.4, -0.2) is 53.2 Å². The Morgan fingerprint density at radius 1 is 1.02 bits per heavy atom. The van der Waals surface area contributed by atoms with Gasteiger partial charge in [0.05, 0.1) is 61.0 Å². The lowest BCUT2D eigenvalue weighted by Gasteiger charge is -2.24. The zero-order valence-electron chi connectivity index (χ0n) is 23.6. The number of imidazole rings is 1. The first-order valence-electron chi connectivity index (χ1n) is 13.3. The van der Waals surface area contributed by atoms with Crippen molar-refractivity contribution in [3.8, 4) is 17.2 Å². The van der Waals surface area contributed by atoms with Crippen molar-refractivity contribution in [2.24, 2.45) is 0 Å². The van der Waals surface area contributed by atoms with Gasteiger partial charge in [0.1, 0.15) is 11.6 Å². The fraction of sp³-hybridized carbons (Fsp3) is 0.333. The third-order valence-corrected chi connectivity index (χ3v) is 7.28. The molecule has 0 N–H and O–H groups in total. The van der Waals surface area contributed by atoms with E-state index in [0.717, 1.165) is 30.3 Å². The number of fused-ring (bicyclic) bond motifs is 1. The summed E-state index contributed by atoms with van der Waals surface area (Å²) in [5, 5.41) is 11.7. The minimum atomic E-state index is -0.434. The van der Waals surface area contributed by atoms with Crippen molar-refractivity contribution < 1.29 is 23.9 Å². The topological polar surface area (TPSA) is 109 Å². The molecule has 0 unspecified atom stereocenters. The van der Waals surface area contributed by atoms with E-state index >= 15 is 0 Å². The van der Waals surface area contributed by atoms with E-state index in [0.29, 0.717) is 40.7 Å². The molecule has 0 spiro atoms. The highest BCUT2D eigenvalue weighted by Crippen LogP contribution is 2.38. The van der Waals surface area contributed by atoms with Crippen molar-refractivity contribution in [1.82, 2.24) is 14.5 Å². The number of para-hydroxylation sites is 2. The van der Waals surface area contributed by atoms with Crippen LogP contribution in [0, 0.1) is 10.1 Å². The summed E-state index contributed by atoms with van der Waals surface area (Å²) in [5.41, 5.74) is 2.46. The second kappa shape index (κ2) is 13.4. The molecule has 0 saturated carbocycles. The van der Waals surface area contributed by atoms with Gasteiger partial charge in [0.2, 0.25) is 0 Å². The Hall–Kier alpha value is -4.31. The van der Waals surface area contributed by atoms with E-state index in [-0.39, 0.29) is 29.7 Å². The highest BCUT2D eigenvalue weighted by molar-refractivity contribution is 6.35. The predicted molar refractivity (Wildman–Crippen MR) is 157 cm³/mol. The van der Waals surface area contributed by atoms with Crippen LogP contribution in [0.5, 0.6) is 17.2 Å². The Labute approximate surface area is 243 Å². The Bertz CT molecular complexity index is 1550. The van der Waals surface area contributed by atoms with E-state index in [2.05, 4.69) is 6.92 Å². The highest BCUT2D eigenvalue weighted by Gasteiger charge is 2.25. The van der Waals surface area contributed by atoms with Crippen molar-refractivity contribution in [3.05, 3.63) is 86.7 Å². The molecule has 0 radical (unpaired) electrons. The molecule has 11 heteroatoms. The molecule has 4 rings (SSSR count). The number of carbonyl (C=O) groups excluding carboxylic acids is 1. The molecule has 41 heavy (non-hydrogen) atoms. The van der Waals surface area contributed by atoms with Crippen LogP contribution in [-0.2, 0) is 13.1 Å². The van der Waals surface area contributed by atoms with Gasteiger partial charge in [-0.1, -0.05) is 43.5 Å². The molecule has 1 amide bonds. The lowest BCUT2D eigenvalue weighted by molar-refractivity contribution is -0.384. The molecule has 0 atom stereocenters. The molecule has 0 aliphatic rings. The number of hydrogen-bond donors (Lipinski definition) is 0. The molecular weight excluding hydrogens is 548 g/mol. The van der Waals surface area contributed by atoms with Gasteiger partial charge in [0.15, 0.2) is 11.5 Å². The Balaban J connectivity index is 1.77. The zero-order valence-corrected chi connectivity index (χ0v) is 24.3. The molecule has 0 bridgehead atoms. The number of methoxy groups -OCH3 is 3. The first kappa shape index (κ1) is 29.7. The van der Waals surface area contributed by atoms with E-state index in [1.807, 2.05) is 28.8 Å². The van der Waals surface area contributed by atoms with Gasteiger partial charge in [-0.3, -0.25) is 14.9 Å². The average molecular weight is 581 g/mol. The number of nitrogens with zero attached hydrogens (tertiary/aromatic N) is 4. The SMILES string of the molecule is CCCCCN(Cc1nc2ccccc2n1Cc1cc([N+](=O)[O-])ccc1OC)C(=O)c1ccc(OC)c(OC)c1Cl. The average Bonchev–Trinajstić information content (AvgIpc) is 3.32. The zero-order chi connectivity index (χ0) is 29.5. The molecule has 4 aromatic rings. The monoisotopic (exact) mass is 580 g/mol. The first-order valence-corrected chi connectivity index (χ1v) is 13.7. The second-order valence-electron chi connectivity index (χ2n) is 9.45. The molecule has 3 aromatic carbocycles. The van der Waals surface area contributed by atoms with Gasteiger partial charge < -0.3 is 23.7 Å². The van der Waals surface area contributed by atoms with Gasteiger partial charge in [0.25, 0.3) is 11.6 Å². The molecule has 0 aliphatic carbocycles. The van der Waals surface area contributed by atoms with Gasteiger partial charge in [-0.2, -0.15) is 0 Å². The van der Waals surface area contributed by atoms with E-state index < -0.39 is 4.92 Å². The van der Waals surface area contributed by atoms with Crippen molar-refractivity contribution in [2.75, 3.05) is 27.9 Å². The van der Waals surface area contributed by atoms with Gasteiger partial charge in [-0.15, -0.1) is 0 Å². The Morgan fingerprint density at radius 2 is 1.76 bits per heavy atom. The van der Waals surface area contributed by atoms with Gasteiger partial charge >= 0.3 is 0 Å². The van der Waals surface area contributed by atoms with Gasteiger partial charge in [-0.05, 0) is 36.8 Å². The fourth-order valence-corrected chi connectivity index (χ4v) is 5.11. The van der Waals surface area contributed by atoms with Crippen LogP contribution in [0.3, 0.4) is 0 Å². The molecule has 0 fully saturated rings. The number of unbranched alkanes of at least 4 members (excludes halogenated alkanes) is 2. The number of non-ortho nitro benzene ring substituents is 1. The summed E-state index contributed by atoms with van der Waals surface area (Å²) in [4.78, 5) is 31.6. The highest BCUT2D eigenvalue weighted by atomic mass is 35.5. The fourth-order valence-electron chi connectivity index (χ4n) is 4.80. The van der Waals surface area contributed by atoms with Gasteiger partial charge in [-0.25, -0.2) is 4.98 Å².